The third kappa shape index (κ3) is 2.11. The Kier molecular flexibility index (Phi) is 3.24. The zero-order valence-electron chi connectivity index (χ0n) is 10.1. The van der Waals surface area contributed by atoms with E-state index in [1.165, 1.54) is 11.1 Å². The summed E-state index contributed by atoms with van der Waals surface area (Å²) in [4.78, 5) is 0. The Bertz CT molecular complexity index is 524. The normalized spacial score (nSPS) is 19.7. The average molecular weight is 259 g/mol. The number of halogens is 1. The number of hydrogen-bond donors (Lipinski definition) is 0. The lowest BCUT2D eigenvalue weighted by atomic mass is 9.87. The van der Waals surface area contributed by atoms with Gasteiger partial charge in [-0.2, -0.15) is 0 Å². The molecule has 1 nitrogen and oxygen atoms in total. The highest BCUT2D eigenvalue weighted by Gasteiger charge is 2.28. The Morgan fingerprint density at radius 1 is 1.00 bits per heavy atom. The quantitative estimate of drug-likeness (QED) is 0.719. The van der Waals surface area contributed by atoms with Crippen molar-refractivity contribution in [3.8, 4) is 5.75 Å². The second-order valence-electron chi connectivity index (χ2n) is 4.59. The van der Waals surface area contributed by atoms with E-state index in [4.69, 9.17) is 16.3 Å². The van der Waals surface area contributed by atoms with Gasteiger partial charge in [-0.15, -0.1) is 11.6 Å². The summed E-state index contributed by atoms with van der Waals surface area (Å²) in [6.07, 6.45) is 0.972. The van der Waals surface area contributed by atoms with Gasteiger partial charge in [0, 0.05) is 5.92 Å². The molecule has 2 aromatic rings. The maximum Gasteiger partial charge on any atom is 0.122 e. The third-order valence-electron chi connectivity index (χ3n) is 3.48. The van der Waals surface area contributed by atoms with Crippen LogP contribution >= 0.6 is 11.6 Å². The van der Waals surface area contributed by atoms with Gasteiger partial charge in [-0.05, 0) is 23.6 Å². The molecule has 1 aliphatic heterocycles. The molecule has 0 saturated heterocycles. The van der Waals surface area contributed by atoms with Gasteiger partial charge in [0.15, 0.2) is 0 Å². The van der Waals surface area contributed by atoms with Gasteiger partial charge in [0.05, 0.1) is 12.0 Å². The van der Waals surface area contributed by atoms with Gasteiger partial charge in [0.25, 0.3) is 0 Å². The van der Waals surface area contributed by atoms with E-state index in [1.54, 1.807) is 0 Å². The summed E-state index contributed by atoms with van der Waals surface area (Å²) in [5, 5.41) is 0.0104. The van der Waals surface area contributed by atoms with E-state index in [0.29, 0.717) is 5.92 Å². The standard InChI is InChI=1S/C16H15ClO/c17-16(12-6-2-1-3-7-12)14-10-11-18-15-9-5-4-8-13(14)15/h1-9,14,16H,10-11H2. The molecule has 0 fully saturated rings. The average Bonchev–Trinajstić information content (AvgIpc) is 2.47. The van der Waals surface area contributed by atoms with Crippen LogP contribution in [0.25, 0.3) is 0 Å². The number of fused-ring (bicyclic) bond motifs is 1. The van der Waals surface area contributed by atoms with Crippen molar-refractivity contribution in [2.24, 2.45) is 0 Å². The lowest BCUT2D eigenvalue weighted by molar-refractivity contribution is 0.265. The van der Waals surface area contributed by atoms with Crippen LogP contribution < -0.4 is 4.74 Å². The third-order valence-corrected chi connectivity index (χ3v) is 4.03. The summed E-state index contributed by atoms with van der Waals surface area (Å²) >= 11 is 6.66. The Morgan fingerprint density at radius 2 is 1.72 bits per heavy atom. The molecule has 0 spiro atoms. The fourth-order valence-corrected chi connectivity index (χ4v) is 2.95. The molecule has 0 aliphatic carbocycles. The Labute approximate surface area is 112 Å². The van der Waals surface area contributed by atoms with Crippen LogP contribution in [0.1, 0.15) is 28.8 Å². The van der Waals surface area contributed by atoms with Gasteiger partial charge in [-0.3, -0.25) is 0 Å². The van der Waals surface area contributed by atoms with Crippen molar-refractivity contribution in [3.63, 3.8) is 0 Å². The van der Waals surface area contributed by atoms with Crippen molar-refractivity contribution < 1.29 is 4.74 Å². The summed E-state index contributed by atoms with van der Waals surface area (Å²) < 4.78 is 5.68. The fourth-order valence-electron chi connectivity index (χ4n) is 2.54. The number of alkyl halides is 1. The van der Waals surface area contributed by atoms with Crippen LogP contribution in [0.4, 0.5) is 0 Å². The smallest absolute Gasteiger partial charge is 0.122 e. The summed E-state index contributed by atoms with van der Waals surface area (Å²) in [6.45, 7) is 0.748. The van der Waals surface area contributed by atoms with E-state index in [-0.39, 0.29) is 5.38 Å². The van der Waals surface area contributed by atoms with Crippen LogP contribution in [0, 0.1) is 0 Å². The van der Waals surface area contributed by atoms with Gasteiger partial charge in [-0.25, -0.2) is 0 Å². The van der Waals surface area contributed by atoms with E-state index in [0.717, 1.165) is 18.8 Å². The monoisotopic (exact) mass is 258 g/mol. The van der Waals surface area contributed by atoms with Crippen molar-refractivity contribution in [2.75, 3.05) is 6.61 Å². The molecule has 0 N–H and O–H groups in total. The molecule has 0 bridgehead atoms. The van der Waals surface area contributed by atoms with E-state index in [9.17, 15) is 0 Å². The first-order valence-electron chi connectivity index (χ1n) is 6.27. The molecule has 3 rings (SSSR count). The maximum absolute atomic E-state index is 6.66. The summed E-state index contributed by atoms with van der Waals surface area (Å²) in [6, 6.07) is 18.5. The molecule has 2 heteroatoms. The largest absolute Gasteiger partial charge is 0.493 e. The highest BCUT2D eigenvalue weighted by Crippen LogP contribution is 2.44. The molecule has 0 aromatic heterocycles. The van der Waals surface area contributed by atoms with E-state index >= 15 is 0 Å². The number of rotatable bonds is 2. The summed E-state index contributed by atoms with van der Waals surface area (Å²) in [5.41, 5.74) is 2.41. The maximum atomic E-state index is 6.66. The van der Waals surface area contributed by atoms with E-state index in [1.807, 2.05) is 30.3 Å². The number of ether oxygens (including phenoxy) is 1. The SMILES string of the molecule is ClC(c1ccccc1)C1CCOc2ccccc21. The van der Waals surface area contributed by atoms with Crippen molar-refractivity contribution in [1.29, 1.82) is 0 Å². The summed E-state index contributed by atoms with van der Waals surface area (Å²) in [7, 11) is 0. The van der Waals surface area contributed by atoms with Gasteiger partial charge >= 0.3 is 0 Å². The number of benzene rings is 2. The summed E-state index contributed by atoms with van der Waals surface area (Å²) in [5.74, 6) is 1.31. The van der Waals surface area contributed by atoms with Crippen LogP contribution in [0.15, 0.2) is 54.6 Å². The topological polar surface area (TPSA) is 9.23 Å². The van der Waals surface area contributed by atoms with E-state index < -0.39 is 0 Å². The minimum Gasteiger partial charge on any atom is -0.493 e. The molecule has 92 valence electrons. The molecule has 1 aliphatic rings. The van der Waals surface area contributed by atoms with E-state index in [2.05, 4.69) is 24.3 Å². The lowest BCUT2D eigenvalue weighted by Crippen LogP contribution is -2.17. The van der Waals surface area contributed by atoms with Crippen molar-refractivity contribution in [2.45, 2.75) is 17.7 Å². The molecule has 18 heavy (non-hydrogen) atoms. The molecule has 0 amide bonds. The molecular weight excluding hydrogens is 244 g/mol. The molecule has 2 aromatic carbocycles. The number of para-hydroxylation sites is 1. The van der Waals surface area contributed by atoms with Gasteiger partial charge in [-0.1, -0.05) is 48.5 Å². The predicted molar refractivity (Wildman–Crippen MR) is 74.3 cm³/mol. The molecule has 0 saturated carbocycles. The molecular formula is C16H15ClO. The van der Waals surface area contributed by atoms with Crippen LogP contribution in [-0.4, -0.2) is 6.61 Å². The minimum atomic E-state index is 0.0104. The number of hydrogen-bond acceptors (Lipinski definition) is 1. The highest BCUT2D eigenvalue weighted by molar-refractivity contribution is 6.21. The van der Waals surface area contributed by atoms with Crippen molar-refractivity contribution >= 4 is 11.6 Å². The second-order valence-corrected chi connectivity index (χ2v) is 5.06. The van der Waals surface area contributed by atoms with Gasteiger partial charge in [0.2, 0.25) is 0 Å². The predicted octanol–water partition coefficient (Wildman–Crippen LogP) is 4.53. The zero-order chi connectivity index (χ0) is 12.4. The minimum absolute atomic E-state index is 0.0104. The first kappa shape index (κ1) is 11.6. The highest BCUT2D eigenvalue weighted by atomic mass is 35.5. The van der Waals surface area contributed by atoms with Crippen molar-refractivity contribution in [3.05, 3.63) is 65.7 Å². The van der Waals surface area contributed by atoms with Crippen LogP contribution in [-0.2, 0) is 0 Å². The first-order valence-corrected chi connectivity index (χ1v) is 6.70. The van der Waals surface area contributed by atoms with Crippen LogP contribution in [0.5, 0.6) is 5.75 Å². The first-order chi connectivity index (χ1) is 8.86. The van der Waals surface area contributed by atoms with Crippen molar-refractivity contribution in [1.82, 2.24) is 0 Å². The van der Waals surface area contributed by atoms with Gasteiger partial charge in [0.1, 0.15) is 5.75 Å². The Morgan fingerprint density at radius 3 is 2.56 bits per heavy atom. The molecule has 2 atom stereocenters. The second kappa shape index (κ2) is 5.03. The van der Waals surface area contributed by atoms with Gasteiger partial charge < -0.3 is 4.74 Å². The van der Waals surface area contributed by atoms with Crippen LogP contribution in [0.3, 0.4) is 0 Å². The molecule has 0 radical (unpaired) electrons. The lowest BCUT2D eigenvalue weighted by Gasteiger charge is -2.29. The fraction of sp³-hybridized carbons (Fsp3) is 0.250. The molecule has 2 unspecified atom stereocenters. The Hall–Kier alpha value is -1.47. The Balaban J connectivity index is 1.94. The van der Waals surface area contributed by atoms with Crippen LogP contribution in [0.2, 0.25) is 0 Å². The zero-order valence-corrected chi connectivity index (χ0v) is 10.8. The molecule has 1 heterocycles.